The van der Waals surface area contributed by atoms with E-state index < -0.39 is 5.91 Å². The summed E-state index contributed by atoms with van der Waals surface area (Å²) >= 11 is 0. The Morgan fingerprint density at radius 2 is 1.77 bits per heavy atom. The van der Waals surface area contributed by atoms with Crippen molar-refractivity contribution < 1.29 is 9.90 Å². The lowest BCUT2D eigenvalue weighted by atomic mass is 9.99. The summed E-state index contributed by atoms with van der Waals surface area (Å²) in [6.07, 6.45) is 1.44. The summed E-state index contributed by atoms with van der Waals surface area (Å²) < 4.78 is 0. The van der Waals surface area contributed by atoms with Gasteiger partial charge in [-0.05, 0) is 29.3 Å². The van der Waals surface area contributed by atoms with E-state index in [2.05, 4.69) is 20.6 Å². The minimum absolute atomic E-state index is 0.0288. The van der Waals surface area contributed by atoms with Gasteiger partial charge < -0.3 is 21.5 Å². The van der Waals surface area contributed by atoms with Crippen LogP contribution in [0.3, 0.4) is 0 Å². The number of aliphatic hydroxyl groups is 1. The Hall–Kier alpha value is -3.45. The van der Waals surface area contributed by atoms with Crippen LogP contribution in [0.1, 0.15) is 10.4 Å². The standard InChI is InChI=1S/C19H19N5O2/c20-19(26)16-4-2-1-3-15(16)13-5-7-14(8-6-13)24-18-11-17(21-9-10-25)22-12-23-18/h1-8,11-12,25H,9-10H2,(H2,20,26)(H2,21,22,23,24). The quantitative estimate of drug-likeness (QED) is 0.521. The van der Waals surface area contributed by atoms with E-state index >= 15 is 0 Å². The monoisotopic (exact) mass is 349 g/mol. The number of aromatic nitrogens is 2. The molecule has 132 valence electrons. The van der Waals surface area contributed by atoms with Gasteiger partial charge >= 0.3 is 0 Å². The van der Waals surface area contributed by atoms with E-state index in [1.165, 1.54) is 6.33 Å². The van der Waals surface area contributed by atoms with Crippen LogP contribution in [-0.4, -0.2) is 34.1 Å². The zero-order valence-corrected chi connectivity index (χ0v) is 14.0. The molecule has 1 amide bonds. The SMILES string of the molecule is NC(=O)c1ccccc1-c1ccc(Nc2cc(NCCO)ncn2)cc1. The number of carbonyl (C=O) groups is 1. The van der Waals surface area contributed by atoms with Crippen LogP contribution in [0.15, 0.2) is 60.9 Å². The number of anilines is 3. The van der Waals surface area contributed by atoms with Gasteiger partial charge in [-0.25, -0.2) is 9.97 Å². The van der Waals surface area contributed by atoms with E-state index in [0.29, 0.717) is 23.7 Å². The number of nitrogens with two attached hydrogens (primary N) is 1. The molecule has 1 aromatic heterocycles. The smallest absolute Gasteiger partial charge is 0.249 e. The summed E-state index contributed by atoms with van der Waals surface area (Å²) in [6, 6.07) is 16.6. The fraction of sp³-hybridized carbons (Fsp3) is 0.105. The molecule has 3 rings (SSSR count). The Kier molecular flexibility index (Phi) is 5.40. The van der Waals surface area contributed by atoms with Gasteiger partial charge in [-0.3, -0.25) is 4.79 Å². The Morgan fingerprint density at radius 1 is 1.04 bits per heavy atom. The molecule has 0 saturated carbocycles. The summed E-state index contributed by atoms with van der Waals surface area (Å²) in [5.41, 5.74) is 8.48. The molecule has 3 aromatic rings. The van der Waals surface area contributed by atoms with Crippen LogP contribution >= 0.6 is 0 Å². The molecule has 7 heteroatoms. The molecule has 0 bridgehead atoms. The van der Waals surface area contributed by atoms with Crippen molar-refractivity contribution in [3.8, 4) is 11.1 Å². The van der Waals surface area contributed by atoms with Crippen molar-refractivity contribution >= 4 is 23.2 Å². The van der Waals surface area contributed by atoms with Crippen LogP contribution < -0.4 is 16.4 Å². The van der Waals surface area contributed by atoms with E-state index in [4.69, 9.17) is 10.8 Å². The Labute approximate surface area is 150 Å². The van der Waals surface area contributed by atoms with E-state index in [9.17, 15) is 4.79 Å². The average molecular weight is 349 g/mol. The van der Waals surface area contributed by atoms with Gasteiger partial charge in [0.05, 0.1) is 6.61 Å². The van der Waals surface area contributed by atoms with Gasteiger partial charge in [0, 0.05) is 23.9 Å². The highest BCUT2D eigenvalue weighted by Gasteiger charge is 2.09. The molecule has 0 aliphatic rings. The normalized spacial score (nSPS) is 10.3. The first-order valence-corrected chi connectivity index (χ1v) is 8.10. The largest absolute Gasteiger partial charge is 0.395 e. The maximum absolute atomic E-state index is 11.6. The van der Waals surface area contributed by atoms with E-state index in [0.717, 1.165) is 16.8 Å². The number of amides is 1. The first kappa shape index (κ1) is 17.4. The second-order valence-corrected chi connectivity index (χ2v) is 5.55. The predicted octanol–water partition coefficient (Wildman–Crippen LogP) is 2.39. The van der Waals surface area contributed by atoms with Gasteiger partial charge in [0.2, 0.25) is 5.91 Å². The predicted molar refractivity (Wildman–Crippen MR) is 101 cm³/mol. The molecule has 0 saturated heterocycles. The van der Waals surface area contributed by atoms with E-state index in [-0.39, 0.29) is 6.61 Å². The van der Waals surface area contributed by atoms with Crippen molar-refractivity contribution in [1.29, 1.82) is 0 Å². The molecule has 26 heavy (non-hydrogen) atoms. The van der Waals surface area contributed by atoms with Crippen LogP contribution in [0.5, 0.6) is 0 Å². The highest BCUT2D eigenvalue weighted by molar-refractivity contribution is 5.99. The van der Waals surface area contributed by atoms with Crippen molar-refractivity contribution in [2.24, 2.45) is 5.73 Å². The number of rotatable bonds is 7. The maximum atomic E-state index is 11.6. The van der Waals surface area contributed by atoms with Gasteiger partial charge in [-0.15, -0.1) is 0 Å². The molecule has 2 aromatic carbocycles. The number of aliphatic hydroxyl groups excluding tert-OH is 1. The van der Waals surface area contributed by atoms with Crippen LogP contribution in [0, 0.1) is 0 Å². The number of carbonyl (C=O) groups excluding carboxylic acids is 1. The number of benzene rings is 2. The first-order chi connectivity index (χ1) is 12.7. The van der Waals surface area contributed by atoms with Gasteiger partial charge in [0.25, 0.3) is 0 Å². The Bertz CT molecular complexity index is 896. The third kappa shape index (κ3) is 4.14. The average Bonchev–Trinajstić information content (AvgIpc) is 2.67. The molecule has 0 fully saturated rings. The van der Waals surface area contributed by atoms with Crippen molar-refractivity contribution in [2.45, 2.75) is 0 Å². The number of primary amides is 1. The number of nitrogens with one attached hydrogen (secondary N) is 2. The summed E-state index contributed by atoms with van der Waals surface area (Å²) in [6.45, 7) is 0.450. The summed E-state index contributed by atoms with van der Waals surface area (Å²) in [7, 11) is 0. The molecule has 0 spiro atoms. The van der Waals surface area contributed by atoms with Crippen LogP contribution in [0.2, 0.25) is 0 Å². The lowest BCUT2D eigenvalue weighted by molar-refractivity contribution is 0.100. The molecular weight excluding hydrogens is 330 g/mol. The third-order valence-electron chi connectivity index (χ3n) is 3.75. The highest BCUT2D eigenvalue weighted by atomic mass is 16.3. The first-order valence-electron chi connectivity index (χ1n) is 8.10. The second-order valence-electron chi connectivity index (χ2n) is 5.55. The third-order valence-corrected chi connectivity index (χ3v) is 3.75. The zero-order valence-electron chi connectivity index (χ0n) is 14.0. The van der Waals surface area contributed by atoms with E-state index in [1.807, 2.05) is 36.4 Å². The summed E-state index contributed by atoms with van der Waals surface area (Å²) in [5.74, 6) is 0.806. The number of hydrogen-bond acceptors (Lipinski definition) is 6. The molecular formula is C19H19N5O2. The van der Waals surface area contributed by atoms with Gasteiger partial charge in [0.1, 0.15) is 18.0 Å². The van der Waals surface area contributed by atoms with Crippen LogP contribution in [0.25, 0.3) is 11.1 Å². The van der Waals surface area contributed by atoms with Crippen molar-refractivity contribution in [1.82, 2.24) is 9.97 Å². The zero-order chi connectivity index (χ0) is 18.4. The molecule has 0 unspecified atom stereocenters. The molecule has 1 heterocycles. The minimum atomic E-state index is -0.452. The highest BCUT2D eigenvalue weighted by Crippen LogP contribution is 2.26. The number of nitrogens with zero attached hydrogens (tertiary/aromatic N) is 2. The topological polar surface area (TPSA) is 113 Å². The minimum Gasteiger partial charge on any atom is -0.395 e. The second kappa shape index (κ2) is 8.09. The van der Waals surface area contributed by atoms with Crippen LogP contribution in [-0.2, 0) is 0 Å². The van der Waals surface area contributed by atoms with Crippen molar-refractivity contribution in [2.75, 3.05) is 23.8 Å². The fourth-order valence-corrected chi connectivity index (χ4v) is 2.54. The van der Waals surface area contributed by atoms with Gasteiger partial charge in [-0.2, -0.15) is 0 Å². The molecule has 0 atom stereocenters. The van der Waals surface area contributed by atoms with Gasteiger partial charge in [0.15, 0.2) is 0 Å². The summed E-state index contributed by atoms with van der Waals surface area (Å²) in [4.78, 5) is 19.8. The fourth-order valence-electron chi connectivity index (χ4n) is 2.54. The van der Waals surface area contributed by atoms with Gasteiger partial charge in [-0.1, -0.05) is 30.3 Å². The molecule has 7 nitrogen and oxygen atoms in total. The Balaban J connectivity index is 1.78. The van der Waals surface area contributed by atoms with Crippen molar-refractivity contribution in [3.05, 3.63) is 66.5 Å². The number of hydrogen-bond donors (Lipinski definition) is 4. The molecule has 0 aliphatic carbocycles. The molecule has 0 aliphatic heterocycles. The summed E-state index contributed by atoms with van der Waals surface area (Å²) in [5, 5.41) is 15.0. The molecule has 0 radical (unpaired) electrons. The lowest BCUT2D eigenvalue weighted by Crippen LogP contribution is -2.12. The maximum Gasteiger partial charge on any atom is 0.249 e. The molecule has 5 N–H and O–H groups in total. The van der Waals surface area contributed by atoms with Crippen molar-refractivity contribution in [3.63, 3.8) is 0 Å². The van der Waals surface area contributed by atoms with E-state index in [1.54, 1.807) is 18.2 Å². The lowest BCUT2D eigenvalue weighted by Gasteiger charge is -2.10. The Morgan fingerprint density at radius 3 is 2.50 bits per heavy atom. The van der Waals surface area contributed by atoms with Crippen LogP contribution in [0.4, 0.5) is 17.3 Å².